The van der Waals surface area contributed by atoms with E-state index >= 15 is 0 Å². The number of carbonyl (C=O) groups excluding carboxylic acids is 1. The van der Waals surface area contributed by atoms with Crippen molar-refractivity contribution in [2.24, 2.45) is 0 Å². The predicted octanol–water partition coefficient (Wildman–Crippen LogP) is -1.00. The summed E-state index contributed by atoms with van der Waals surface area (Å²) in [5.41, 5.74) is 0. The van der Waals surface area contributed by atoms with Crippen molar-refractivity contribution in [1.29, 1.82) is 0 Å². The van der Waals surface area contributed by atoms with E-state index in [9.17, 15) is 4.79 Å². The van der Waals surface area contributed by atoms with Gasteiger partial charge in [-0.2, -0.15) is 0 Å². The molecular formula is C10H21N3O3. The van der Waals surface area contributed by atoms with E-state index in [4.69, 9.17) is 9.84 Å². The SMILES string of the molecule is CC(O)CNCCNC(=O)N1CCOCC1. The molecule has 1 atom stereocenters. The standard InChI is InChI=1S/C10H21N3O3/c1-9(14)8-11-2-3-12-10(15)13-4-6-16-7-5-13/h9,11,14H,2-8H2,1H3,(H,12,15). The van der Waals surface area contributed by atoms with E-state index in [0.717, 1.165) is 0 Å². The van der Waals surface area contributed by atoms with E-state index in [0.29, 0.717) is 45.9 Å². The number of morpholine rings is 1. The Bertz CT molecular complexity index is 205. The van der Waals surface area contributed by atoms with E-state index in [1.807, 2.05) is 0 Å². The molecule has 1 saturated heterocycles. The van der Waals surface area contributed by atoms with Crippen LogP contribution in [0.15, 0.2) is 0 Å². The maximum Gasteiger partial charge on any atom is 0.317 e. The minimum Gasteiger partial charge on any atom is -0.392 e. The van der Waals surface area contributed by atoms with E-state index < -0.39 is 0 Å². The van der Waals surface area contributed by atoms with Crippen molar-refractivity contribution in [3.63, 3.8) is 0 Å². The highest BCUT2D eigenvalue weighted by Crippen LogP contribution is 1.96. The summed E-state index contributed by atoms with van der Waals surface area (Å²) < 4.78 is 5.16. The van der Waals surface area contributed by atoms with Crippen LogP contribution in [0, 0.1) is 0 Å². The summed E-state index contributed by atoms with van der Waals surface area (Å²) >= 11 is 0. The van der Waals surface area contributed by atoms with Crippen molar-refractivity contribution in [3.05, 3.63) is 0 Å². The first-order chi connectivity index (χ1) is 7.70. The Kier molecular flexibility index (Phi) is 6.14. The molecule has 16 heavy (non-hydrogen) atoms. The highest BCUT2D eigenvalue weighted by Gasteiger charge is 2.15. The molecule has 0 bridgehead atoms. The van der Waals surface area contributed by atoms with Crippen LogP contribution in [0.25, 0.3) is 0 Å². The number of nitrogens with one attached hydrogen (secondary N) is 2. The highest BCUT2D eigenvalue weighted by molar-refractivity contribution is 5.74. The Hall–Kier alpha value is -0.850. The Morgan fingerprint density at radius 2 is 2.12 bits per heavy atom. The second-order valence-electron chi connectivity index (χ2n) is 3.88. The number of nitrogens with zero attached hydrogens (tertiary/aromatic N) is 1. The zero-order valence-corrected chi connectivity index (χ0v) is 9.74. The predicted molar refractivity (Wildman–Crippen MR) is 60.3 cm³/mol. The molecule has 0 aliphatic carbocycles. The lowest BCUT2D eigenvalue weighted by Gasteiger charge is -2.26. The molecule has 1 aliphatic rings. The first-order valence-corrected chi connectivity index (χ1v) is 5.69. The van der Waals surface area contributed by atoms with Gasteiger partial charge in [-0.1, -0.05) is 0 Å². The van der Waals surface area contributed by atoms with Crippen LogP contribution in [-0.2, 0) is 4.74 Å². The zero-order valence-electron chi connectivity index (χ0n) is 9.74. The van der Waals surface area contributed by atoms with Gasteiger partial charge in [0.15, 0.2) is 0 Å². The molecule has 0 radical (unpaired) electrons. The third kappa shape index (κ3) is 5.29. The van der Waals surface area contributed by atoms with Gasteiger partial charge in [-0.05, 0) is 6.92 Å². The van der Waals surface area contributed by atoms with Crippen LogP contribution >= 0.6 is 0 Å². The largest absolute Gasteiger partial charge is 0.392 e. The molecule has 2 amide bonds. The molecule has 94 valence electrons. The van der Waals surface area contributed by atoms with Crippen molar-refractivity contribution in [2.75, 3.05) is 45.9 Å². The maximum atomic E-state index is 11.6. The van der Waals surface area contributed by atoms with Gasteiger partial charge >= 0.3 is 6.03 Å². The Labute approximate surface area is 95.9 Å². The molecule has 1 aliphatic heterocycles. The molecule has 3 N–H and O–H groups in total. The van der Waals surface area contributed by atoms with Crippen molar-refractivity contribution in [2.45, 2.75) is 13.0 Å². The molecule has 0 spiro atoms. The van der Waals surface area contributed by atoms with Gasteiger partial charge in [0.1, 0.15) is 0 Å². The van der Waals surface area contributed by atoms with Crippen molar-refractivity contribution in [1.82, 2.24) is 15.5 Å². The molecule has 0 saturated carbocycles. The molecule has 1 fully saturated rings. The first kappa shape index (κ1) is 13.2. The van der Waals surface area contributed by atoms with Crippen molar-refractivity contribution in [3.8, 4) is 0 Å². The van der Waals surface area contributed by atoms with Crippen LogP contribution < -0.4 is 10.6 Å². The fourth-order valence-corrected chi connectivity index (χ4v) is 1.45. The van der Waals surface area contributed by atoms with Crippen LogP contribution in [0.5, 0.6) is 0 Å². The van der Waals surface area contributed by atoms with Gasteiger partial charge in [-0.3, -0.25) is 0 Å². The van der Waals surface area contributed by atoms with Gasteiger partial charge in [-0.25, -0.2) is 4.79 Å². The van der Waals surface area contributed by atoms with Crippen LogP contribution in [0.3, 0.4) is 0 Å². The second-order valence-corrected chi connectivity index (χ2v) is 3.88. The van der Waals surface area contributed by atoms with Gasteiger partial charge < -0.3 is 25.4 Å². The summed E-state index contributed by atoms with van der Waals surface area (Å²) in [4.78, 5) is 13.3. The minimum absolute atomic E-state index is 0.0397. The number of hydrogen-bond acceptors (Lipinski definition) is 4. The molecule has 0 aromatic heterocycles. The van der Waals surface area contributed by atoms with E-state index in [-0.39, 0.29) is 12.1 Å². The summed E-state index contributed by atoms with van der Waals surface area (Å²) in [7, 11) is 0. The molecular weight excluding hydrogens is 210 g/mol. The zero-order chi connectivity index (χ0) is 11.8. The second kappa shape index (κ2) is 7.43. The summed E-state index contributed by atoms with van der Waals surface area (Å²) in [6, 6.07) is -0.0397. The van der Waals surface area contributed by atoms with Crippen molar-refractivity contribution >= 4 is 6.03 Å². The Morgan fingerprint density at radius 1 is 1.44 bits per heavy atom. The summed E-state index contributed by atoms with van der Waals surface area (Å²) in [5.74, 6) is 0. The van der Waals surface area contributed by atoms with Crippen LogP contribution in [0.1, 0.15) is 6.92 Å². The molecule has 1 heterocycles. The molecule has 1 unspecified atom stereocenters. The fraction of sp³-hybridized carbons (Fsp3) is 0.900. The number of rotatable bonds is 5. The van der Waals surface area contributed by atoms with Crippen molar-refractivity contribution < 1.29 is 14.6 Å². The van der Waals surface area contributed by atoms with Gasteiger partial charge in [0.2, 0.25) is 0 Å². The third-order valence-corrected chi connectivity index (χ3v) is 2.32. The number of ether oxygens (including phenoxy) is 1. The average Bonchev–Trinajstić information content (AvgIpc) is 2.29. The van der Waals surface area contributed by atoms with E-state index in [2.05, 4.69) is 10.6 Å². The average molecular weight is 231 g/mol. The summed E-state index contributed by atoms with van der Waals surface area (Å²) in [6.07, 6.45) is -0.352. The molecule has 0 aromatic carbocycles. The minimum atomic E-state index is -0.352. The van der Waals surface area contributed by atoms with E-state index in [1.165, 1.54) is 0 Å². The van der Waals surface area contributed by atoms with Gasteiger partial charge in [0, 0.05) is 32.7 Å². The number of hydrogen-bond donors (Lipinski definition) is 3. The van der Waals surface area contributed by atoms with Crippen LogP contribution in [0.4, 0.5) is 4.79 Å². The quantitative estimate of drug-likeness (QED) is 0.531. The molecule has 6 nitrogen and oxygen atoms in total. The summed E-state index contributed by atoms with van der Waals surface area (Å²) in [5, 5.41) is 14.8. The topological polar surface area (TPSA) is 73.8 Å². The number of carbonyl (C=O) groups is 1. The lowest BCUT2D eigenvalue weighted by atomic mass is 10.4. The fourth-order valence-electron chi connectivity index (χ4n) is 1.45. The number of aliphatic hydroxyl groups excluding tert-OH is 1. The van der Waals surface area contributed by atoms with Gasteiger partial charge in [-0.15, -0.1) is 0 Å². The van der Waals surface area contributed by atoms with Gasteiger partial charge in [0.05, 0.1) is 19.3 Å². The Balaban J connectivity index is 2.01. The number of aliphatic hydroxyl groups is 1. The molecule has 1 rings (SSSR count). The third-order valence-electron chi connectivity index (χ3n) is 2.32. The normalized spacial score (nSPS) is 18.2. The maximum absolute atomic E-state index is 11.6. The van der Waals surface area contributed by atoms with Crippen LogP contribution in [0.2, 0.25) is 0 Å². The van der Waals surface area contributed by atoms with Crippen LogP contribution in [-0.4, -0.2) is 68.1 Å². The highest BCUT2D eigenvalue weighted by atomic mass is 16.5. The first-order valence-electron chi connectivity index (χ1n) is 5.69. The van der Waals surface area contributed by atoms with Gasteiger partial charge in [0.25, 0.3) is 0 Å². The number of urea groups is 1. The van der Waals surface area contributed by atoms with E-state index in [1.54, 1.807) is 11.8 Å². The monoisotopic (exact) mass is 231 g/mol. The molecule has 6 heteroatoms. The lowest BCUT2D eigenvalue weighted by molar-refractivity contribution is 0.0532. The lowest BCUT2D eigenvalue weighted by Crippen LogP contribution is -2.47. The summed E-state index contributed by atoms with van der Waals surface area (Å²) in [6.45, 7) is 6.07. The molecule has 0 aromatic rings. The number of amides is 2. The Morgan fingerprint density at radius 3 is 2.75 bits per heavy atom. The smallest absolute Gasteiger partial charge is 0.317 e.